The third kappa shape index (κ3) is 2.92. The molecule has 7 heteroatoms. The van der Waals surface area contributed by atoms with Gasteiger partial charge in [0, 0.05) is 35.3 Å². The van der Waals surface area contributed by atoms with Crippen LogP contribution in [0.3, 0.4) is 0 Å². The molecule has 0 bridgehead atoms. The summed E-state index contributed by atoms with van der Waals surface area (Å²) in [6, 6.07) is 10.3. The first-order valence-electron chi connectivity index (χ1n) is 6.94. The molecule has 3 aromatic rings. The van der Waals surface area contributed by atoms with E-state index in [1.807, 2.05) is 0 Å². The minimum Gasteiger partial charge on any atom is -0.478 e. The molecule has 24 heavy (non-hydrogen) atoms. The van der Waals surface area contributed by atoms with Gasteiger partial charge in [0.05, 0.1) is 5.56 Å². The third-order valence-corrected chi connectivity index (χ3v) is 3.64. The Bertz CT molecular complexity index is 928. The molecule has 0 spiro atoms. The maximum Gasteiger partial charge on any atom is 0.573 e. The molecule has 1 N–H and O–H groups in total. The Kier molecular flexibility index (Phi) is 3.71. The number of nitrogens with zero attached hydrogens (tertiary/aromatic N) is 1. The van der Waals surface area contributed by atoms with E-state index in [4.69, 9.17) is 5.11 Å². The van der Waals surface area contributed by atoms with E-state index in [1.54, 1.807) is 29.9 Å². The molecule has 0 radical (unpaired) electrons. The Morgan fingerprint density at radius 3 is 2.50 bits per heavy atom. The molecule has 0 unspecified atom stereocenters. The zero-order valence-corrected chi connectivity index (χ0v) is 12.5. The molecule has 0 amide bonds. The lowest BCUT2D eigenvalue weighted by atomic mass is 10.0. The Hall–Kier alpha value is -2.96. The SMILES string of the molecule is Cn1cc(-c2ccccc2OC(F)(F)F)c2ccc(C(=O)O)cc21. The maximum absolute atomic E-state index is 12.6. The van der Waals surface area contributed by atoms with Crippen molar-refractivity contribution in [3.63, 3.8) is 0 Å². The molecule has 124 valence electrons. The molecular weight excluding hydrogens is 323 g/mol. The number of benzene rings is 2. The smallest absolute Gasteiger partial charge is 0.478 e. The average Bonchev–Trinajstić information content (AvgIpc) is 2.83. The Labute approximate surface area is 134 Å². The number of halogens is 3. The van der Waals surface area contributed by atoms with Crippen LogP contribution in [0.15, 0.2) is 48.7 Å². The first kappa shape index (κ1) is 15.9. The van der Waals surface area contributed by atoms with Crippen LogP contribution in [-0.2, 0) is 7.05 Å². The van der Waals surface area contributed by atoms with Gasteiger partial charge in [-0.15, -0.1) is 13.2 Å². The molecule has 0 fully saturated rings. The zero-order chi connectivity index (χ0) is 17.5. The number of para-hydroxylation sites is 1. The first-order chi connectivity index (χ1) is 11.3. The fraction of sp³-hybridized carbons (Fsp3) is 0.118. The number of alkyl halides is 3. The monoisotopic (exact) mass is 335 g/mol. The molecule has 0 saturated carbocycles. The predicted octanol–water partition coefficient (Wildman–Crippen LogP) is 4.44. The predicted molar refractivity (Wildman–Crippen MR) is 82.0 cm³/mol. The summed E-state index contributed by atoms with van der Waals surface area (Å²) >= 11 is 0. The van der Waals surface area contributed by atoms with E-state index in [0.29, 0.717) is 16.5 Å². The molecule has 0 saturated heterocycles. The number of hydrogen-bond acceptors (Lipinski definition) is 2. The maximum atomic E-state index is 12.6. The molecular formula is C17H12F3NO3. The van der Waals surface area contributed by atoms with Crippen molar-refractivity contribution in [2.24, 2.45) is 7.05 Å². The van der Waals surface area contributed by atoms with E-state index in [1.165, 1.54) is 30.3 Å². The number of fused-ring (bicyclic) bond motifs is 1. The van der Waals surface area contributed by atoms with Gasteiger partial charge in [0.1, 0.15) is 5.75 Å². The lowest BCUT2D eigenvalue weighted by Crippen LogP contribution is -2.17. The van der Waals surface area contributed by atoms with Crippen molar-refractivity contribution in [3.8, 4) is 16.9 Å². The topological polar surface area (TPSA) is 51.5 Å². The van der Waals surface area contributed by atoms with Crippen LogP contribution < -0.4 is 4.74 Å². The second-order valence-corrected chi connectivity index (χ2v) is 5.23. The molecule has 0 atom stereocenters. The largest absolute Gasteiger partial charge is 0.573 e. The van der Waals surface area contributed by atoms with Gasteiger partial charge in [-0.05, 0) is 18.2 Å². The van der Waals surface area contributed by atoms with Gasteiger partial charge in [-0.25, -0.2) is 4.79 Å². The third-order valence-electron chi connectivity index (χ3n) is 3.64. The minimum atomic E-state index is -4.79. The van der Waals surface area contributed by atoms with E-state index >= 15 is 0 Å². The summed E-state index contributed by atoms with van der Waals surface area (Å²) in [5, 5.41) is 9.72. The van der Waals surface area contributed by atoms with Crippen LogP contribution in [0.1, 0.15) is 10.4 Å². The molecule has 2 aromatic carbocycles. The summed E-state index contributed by atoms with van der Waals surface area (Å²) in [5.41, 5.74) is 1.52. The van der Waals surface area contributed by atoms with Crippen molar-refractivity contribution in [3.05, 3.63) is 54.2 Å². The number of carboxylic acid groups (broad SMARTS) is 1. The van der Waals surface area contributed by atoms with E-state index in [2.05, 4.69) is 4.74 Å². The second kappa shape index (κ2) is 5.59. The van der Waals surface area contributed by atoms with Crippen molar-refractivity contribution >= 4 is 16.9 Å². The van der Waals surface area contributed by atoms with E-state index < -0.39 is 12.3 Å². The number of aromatic carboxylic acids is 1. The highest BCUT2D eigenvalue weighted by Gasteiger charge is 2.32. The number of hydrogen-bond donors (Lipinski definition) is 1. The van der Waals surface area contributed by atoms with Gasteiger partial charge in [0.2, 0.25) is 0 Å². The second-order valence-electron chi connectivity index (χ2n) is 5.23. The highest BCUT2D eigenvalue weighted by atomic mass is 19.4. The lowest BCUT2D eigenvalue weighted by molar-refractivity contribution is -0.274. The number of aromatic nitrogens is 1. The van der Waals surface area contributed by atoms with Gasteiger partial charge >= 0.3 is 12.3 Å². The van der Waals surface area contributed by atoms with Gasteiger partial charge in [0.25, 0.3) is 0 Å². The average molecular weight is 335 g/mol. The summed E-state index contributed by atoms with van der Waals surface area (Å²) in [5.74, 6) is -1.37. The van der Waals surface area contributed by atoms with Crippen LogP contribution >= 0.6 is 0 Å². The Morgan fingerprint density at radius 1 is 1.12 bits per heavy atom. The summed E-state index contributed by atoms with van der Waals surface area (Å²) in [6.07, 6.45) is -3.15. The van der Waals surface area contributed by atoms with Crippen molar-refractivity contribution in [2.75, 3.05) is 0 Å². The highest BCUT2D eigenvalue weighted by Crippen LogP contribution is 2.38. The molecule has 1 aromatic heterocycles. The molecule has 1 heterocycles. The quantitative estimate of drug-likeness (QED) is 0.770. The molecule has 4 nitrogen and oxygen atoms in total. The number of rotatable bonds is 3. The molecule has 3 rings (SSSR count). The van der Waals surface area contributed by atoms with Crippen molar-refractivity contribution < 1.29 is 27.8 Å². The van der Waals surface area contributed by atoms with Crippen LogP contribution in [0, 0.1) is 0 Å². The molecule has 0 aliphatic carbocycles. The number of aryl methyl sites for hydroxylation is 1. The van der Waals surface area contributed by atoms with E-state index in [-0.39, 0.29) is 16.9 Å². The van der Waals surface area contributed by atoms with Crippen molar-refractivity contribution in [1.82, 2.24) is 4.57 Å². The van der Waals surface area contributed by atoms with Crippen molar-refractivity contribution in [1.29, 1.82) is 0 Å². The lowest BCUT2D eigenvalue weighted by Gasteiger charge is -2.12. The van der Waals surface area contributed by atoms with Gasteiger partial charge in [-0.3, -0.25) is 0 Å². The van der Waals surface area contributed by atoms with Gasteiger partial charge in [-0.2, -0.15) is 0 Å². The fourth-order valence-electron chi connectivity index (χ4n) is 2.63. The number of carbonyl (C=O) groups is 1. The number of ether oxygens (including phenoxy) is 1. The summed E-state index contributed by atoms with van der Waals surface area (Å²) in [7, 11) is 1.70. The fourth-order valence-corrected chi connectivity index (χ4v) is 2.63. The van der Waals surface area contributed by atoms with Crippen LogP contribution in [0.2, 0.25) is 0 Å². The van der Waals surface area contributed by atoms with E-state index in [0.717, 1.165) is 0 Å². The summed E-state index contributed by atoms with van der Waals surface area (Å²) in [6.45, 7) is 0. The van der Waals surface area contributed by atoms with Crippen LogP contribution in [0.5, 0.6) is 5.75 Å². The van der Waals surface area contributed by atoms with Crippen LogP contribution in [-0.4, -0.2) is 22.0 Å². The van der Waals surface area contributed by atoms with Gasteiger partial charge in [0.15, 0.2) is 0 Å². The Morgan fingerprint density at radius 2 is 1.83 bits per heavy atom. The van der Waals surface area contributed by atoms with Crippen LogP contribution in [0.4, 0.5) is 13.2 Å². The zero-order valence-electron chi connectivity index (χ0n) is 12.5. The van der Waals surface area contributed by atoms with Gasteiger partial charge < -0.3 is 14.4 Å². The molecule has 0 aliphatic rings. The Balaban J connectivity index is 2.19. The normalized spacial score (nSPS) is 11.7. The summed E-state index contributed by atoms with van der Waals surface area (Å²) < 4.78 is 43.6. The van der Waals surface area contributed by atoms with E-state index in [9.17, 15) is 18.0 Å². The number of carboxylic acids is 1. The van der Waals surface area contributed by atoms with Crippen LogP contribution in [0.25, 0.3) is 22.0 Å². The minimum absolute atomic E-state index is 0.107. The molecule has 0 aliphatic heterocycles. The van der Waals surface area contributed by atoms with Crippen molar-refractivity contribution in [2.45, 2.75) is 6.36 Å². The first-order valence-corrected chi connectivity index (χ1v) is 6.94. The highest BCUT2D eigenvalue weighted by molar-refractivity contribution is 6.01. The standard InChI is InChI=1S/C17H12F3NO3/c1-21-9-13(11-7-6-10(16(22)23)8-14(11)21)12-4-2-3-5-15(12)24-17(18,19)20/h2-9H,1H3,(H,22,23). The van der Waals surface area contributed by atoms with Gasteiger partial charge in [-0.1, -0.05) is 24.3 Å². The summed E-state index contributed by atoms with van der Waals surface area (Å²) in [4.78, 5) is 11.1.